The zero-order valence-electron chi connectivity index (χ0n) is 20.5. The molecule has 9 nitrogen and oxygen atoms in total. The summed E-state index contributed by atoms with van der Waals surface area (Å²) in [4.78, 5) is 31.8. The lowest BCUT2D eigenvalue weighted by molar-refractivity contribution is 0.460. The van der Waals surface area contributed by atoms with Gasteiger partial charge in [-0.25, -0.2) is 24.0 Å². The van der Waals surface area contributed by atoms with Gasteiger partial charge in [0.1, 0.15) is 40.9 Å². The summed E-state index contributed by atoms with van der Waals surface area (Å²) in [5.41, 5.74) is 9.10. The number of benzene rings is 2. The van der Waals surface area contributed by atoms with Crippen molar-refractivity contribution in [1.82, 2.24) is 34.3 Å². The summed E-state index contributed by atoms with van der Waals surface area (Å²) >= 11 is 0. The maximum absolute atomic E-state index is 14.7. The molecule has 0 amide bonds. The number of hydrogen-bond donors (Lipinski definition) is 1. The van der Waals surface area contributed by atoms with Gasteiger partial charge in [-0.2, -0.15) is 5.10 Å². The van der Waals surface area contributed by atoms with E-state index in [1.165, 1.54) is 12.4 Å². The summed E-state index contributed by atoms with van der Waals surface area (Å²) in [5, 5.41) is 6.57. The fraction of sp³-hybridized carbons (Fsp3) is 0.214. The van der Waals surface area contributed by atoms with Gasteiger partial charge in [0.2, 0.25) is 0 Å². The second-order valence-electron chi connectivity index (χ2n) is 9.60. The van der Waals surface area contributed by atoms with E-state index in [1.807, 2.05) is 37.3 Å². The number of anilines is 1. The summed E-state index contributed by atoms with van der Waals surface area (Å²) in [6.07, 6.45) is 5.42. The van der Waals surface area contributed by atoms with Crippen molar-refractivity contribution in [2.24, 2.45) is 0 Å². The van der Waals surface area contributed by atoms with Crippen LogP contribution in [0.3, 0.4) is 0 Å². The van der Waals surface area contributed by atoms with Crippen LogP contribution < -0.4 is 11.3 Å². The Morgan fingerprint density at radius 1 is 1.05 bits per heavy atom. The van der Waals surface area contributed by atoms with E-state index in [1.54, 1.807) is 27.6 Å². The highest BCUT2D eigenvalue weighted by molar-refractivity contribution is 5.99. The van der Waals surface area contributed by atoms with E-state index in [4.69, 9.17) is 15.8 Å². The van der Waals surface area contributed by atoms with Gasteiger partial charge in [-0.1, -0.05) is 31.2 Å². The molecule has 10 heteroatoms. The van der Waals surface area contributed by atoms with Crippen LogP contribution in [-0.4, -0.2) is 34.3 Å². The second kappa shape index (κ2) is 8.41. The molecule has 0 spiro atoms. The zero-order valence-corrected chi connectivity index (χ0v) is 20.5. The fourth-order valence-corrected chi connectivity index (χ4v) is 5.22. The van der Waals surface area contributed by atoms with Crippen LogP contribution >= 0.6 is 0 Å². The topological polar surface area (TPSA) is 117 Å². The molecule has 0 aliphatic heterocycles. The van der Waals surface area contributed by atoms with Crippen LogP contribution in [0.15, 0.2) is 65.8 Å². The first-order valence-electron chi connectivity index (χ1n) is 12.6. The predicted octanol–water partition coefficient (Wildman–Crippen LogP) is 4.81. The molecule has 1 atom stereocenters. The number of rotatable bonds is 5. The summed E-state index contributed by atoms with van der Waals surface area (Å²) in [6.45, 7) is 2.00. The molecular formula is C28H23FN8O. The number of pyridine rings is 1. The van der Waals surface area contributed by atoms with E-state index in [2.05, 4.69) is 15.0 Å². The highest BCUT2D eigenvalue weighted by Gasteiger charge is 2.33. The Morgan fingerprint density at radius 3 is 2.68 bits per heavy atom. The van der Waals surface area contributed by atoms with Gasteiger partial charge < -0.3 is 5.73 Å². The minimum Gasteiger partial charge on any atom is -0.383 e. The normalized spacial score (nSPS) is 14.5. The molecule has 1 aliphatic rings. The Morgan fingerprint density at radius 2 is 1.87 bits per heavy atom. The first-order valence-corrected chi connectivity index (χ1v) is 12.6. The summed E-state index contributed by atoms with van der Waals surface area (Å²) in [5.74, 6) is 0.264. The van der Waals surface area contributed by atoms with Gasteiger partial charge in [-0.3, -0.25) is 14.3 Å². The Labute approximate surface area is 215 Å². The molecule has 1 unspecified atom stereocenters. The third-order valence-electron chi connectivity index (χ3n) is 7.18. The van der Waals surface area contributed by atoms with Gasteiger partial charge in [-0.05, 0) is 43.5 Å². The molecule has 0 saturated heterocycles. The molecule has 4 heterocycles. The molecule has 0 radical (unpaired) electrons. The van der Waals surface area contributed by atoms with Crippen LogP contribution in [0, 0.1) is 5.82 Å². The van der Waals surface area contributed by atoms with Gasteiger partial charge in [-0.15, -0.1) is 0 Å². The van der Waals surface area contributed by atoms with Crippen LogP contribution in [0.4, 0.5) is 10.2 Å². The van der Waals surface area contributed by atoms with Crippen molar-refractivity contribution >= 4 is 38.7 Å². The van der Waals surface area contributed by atoms with E-state index < -0.39 is 11.9 Å². The molecule has 38 heavy (non-hydrogen) atoms. The van der Waals surface area contributed by atoms with Crippen molar-refractivity contribution in [3.05, 3.63) is 83.1 Å². The lowest BCUT2D eigenvalue weighted by Gasteiger charge is -2.21. The van der Waals surface area contributed by atoms with Crippen molar-refractivity contribution in [1.29, 1.82) is 0 Å². The van der Waals surface area contributed by atoms with Crippen LogP contribution in [0.25, 0.3) is 44.1 Å². The molecule has 1 aliphatic carbocycles. The molecular weight excluding hydrogens is 483 g/mol. The zero-order chi connectivity index (χ0) is 26.0. The molecule has 0 bridgehead atoms. The summed E-state index contributed by atoms with van der Waals surface area (Å²) in [6, 6.07) is 13.9. The molecule has 2 aromatic carbocycles. The number of fused-ring (bicyclic) bond motifs is 3. The van der Waals surface area contributed by atoms with Crippen molar-refractivity contribution in [3.8, 4) is 11.3 Å². The maximum atomic E-state index is 14.7. The average Bonchev–Trinajstić information content (AvgIpc) is 3.69. The molecule has 1 saturated carbocycles. The monoisotopic (exact) mass is 506 g/mol. The number of halogens is 1. The molecule has 6 aromatic rings. The SMILES string of the molecule is CCC(c1nc2cccc(F)c2c(=O)n1C1CC1)n1nc(-c2cnc3ccccc3c2)c2c(N)ncnc21. The minimum absolute atomic E-state index is 0.0119. The minimum atomic E-state index is -0.565. The number of nitrogens with two attached hydrogens (primary N) is 1. The quantitative estimate of drug-likeness (QED) is 0.357. The molecule has 188 valence electrons. The van der Waals surface area contributed by atoms with Gasteiger partial charge in [0.05, 0.1) is 16.4 Å². The van der Waals surface area contributed by atoms with E-state index in [-0.39, 0.29) is 17.0 Å². The van der Waals surface area contributed by atoms with Crippen LogP contribution in [-0.2, 0) is 0 Å². The third kappa shape index (κ3) is 3.37. The van der Waals surface area contributed by atoms with Gasteiger partial charge in [0.25, 0.3) is 5.56 Å². The second-order valence-corrected chi connectivity index (χ2v) is 9.60. The summed E-state index contributed by atoms with van der Waals surface area (Å²) in [7, 11) is 0. The van der Waals surface area contributed by atoms with Gasteiger partial charge >= 0.3 is 0 Å². The van der Waals surface area contributed by atoms with E-state index in [0.717, 1.165) is 29.3 Å². The number of nitrogen functional groups attached to an aromatic ring is 1. The number of nitrogens with zero attached hydrogens (tertiary/aromatic N) is 7. The lowest BCUT2D eigenvalue weighted by atomic mass is 10.1. The van der Waals surface area contributed by atoms with Crippen LogP contribution in [0.5, 0.6) is 0 Å². The fourth-order valence-electron chi connectivity index (χ4n) is 5.22. The first kappa shape index (κ1) is 22.5. The highest BCUT2D eigenvalue weighted by atomic mass is 19.1. The Bertz CT molecular complexity index is 1940. The average molecular weight is 507 g/mol. The molecule has 4 aromatic heterocycles. The largest absolute Gasteiger partial charge is 0.383 e. The van der Waals surface area contributed by atoms with Crippen molar-refractivity contribution in [3.63, 3.8) is 0 Å². The Hall–Kier alpha value is -4.73. The van der Waals surface area contributed by atoms with Gasteiger partial charge in [0.15, 0.2) is 5.65 Å². The van der Waals surface area contributed by atoms with Crippen LogP contribution in [0.1, 0.15) is 44.1 Å². The van der Waals surface area contributed by atoms with E-state index >= 15 is 0 Å². The van der Waals surface area contributed by atoms with Gasteiger partial charge in [0, 0.05) is 23.2 Å². The van der Waals surface area contributed by atoms with Crippen LogP contribution in [0.2, 0.25) is 0 Å². The highest BCUT2D eigenvalue weighted by Crippen LogP contribution is 2.39. The Balaban J connectivity index is 1.49. The first-order chi connectivity index (χ1) is 18.5. The lowest BCUT2D eigenvalue weighted by Crippen LogP contribution is -2.29. The number of hydrogen-bond acceptors (Lipinski definition) is 7. The third-order valence-corrected chi connectivity index (χ3v) is 7.18. The van der Waals surface area contributed by atoms with Crippen molar-refractivity contribution in [2.45, 2.75) is 38.3 Å². The number of para-hydroxylation sites is 1. The number of aromatic nitrogens is 7. The molecule has 1 fully saturated rings. The molecule has 2 N–H and O–H groups in total. The summed E-state index contributed by atoms with van der Waals surface area (Å²) < 4.78 is 18.1. The standard InChI is InChI=1S/C28H23FN8O/c1-2-21(26-34-20-9-5-7-18(29)22(20)28(38)36(26)17-10-11-17)37-27-23(25(30)32-14-33-27)24(35-37)16-12-15-6-3-4-8-19(15)31-13-16/h3-9,12-14,17,21H,2,10-11H2,1H3,(H2,30,32,33). The smallest absolute Gasteiger partial charge is 0.264 e. The van der Waals surface area contributed by atoms with E-state index in [0.29, 0.717) is 40.3 Å². The van der Waals surface area contributed by atoms with E-state index in [9.17, 15) is 9.18 Å². The Kier molecular flexibility index (Phi) is 4.97. The molecule has 7 rings (SSSR count). The predicted molar refractivity (Wildman–Crippen MR) is 143 cm³/mol. The van der Waals surface area contributed by atoms with Crippen molar-refractivity contribution < 1.29 is 4.39 Å². The maximum Gasteiger partial charge on any atom is 0.264 e. The van der Waals surface area contributed by atoms with Crippen molar-refractivity contribution in [2.75, 3.05) is 5.73 Å².